The van der Waals surface area contributed by atoms with E-state index in [0.29, 0.717) is 5.92 Å². The van der Waals surface area contributed by atoms with E-state index in [2.05, 4.69) is 70.8 Å². The van der Waals surface area contributed by atoms with Crippen LogP contribution in [0.4, 0.5) is 5.69 Å². The Morgan fingerprint density at radius 3 is 2.76 bits per heavy atom. The smallest absolute Gasteiger partial charge is 0.0505 e. The molecule has 0 aliphatic rings. The van der Waals surface area contributed by atoms with E-state index >= 15 is 0 Å². The molecule has 90 valence electrons. The SMILES string of the molecule is CC(C)c1cccc(NCc2sccc2Br)c1. The van der Waals surface area contributed by atoms with Crippen molar-refractivity contribution in [1.29, 1.82) is 0 Å². The van der Waals surface area contributed by atoms with Crippen molar-refractivity contribution in [2.45, 2.75) is 26.3 Å². The van der Waals surface area contributed by atoms with Gasteiger partial charge in [-0.1, -0.05) is 26.0 Å². The number of hydrogen-bond acceptors (Lipinski definition) is 2. The van der Waals surface area contributed by atoms with Gasteiger partial charge in [0.1, 0.15) is 0 Å². The second-order valence-corrected chi connectivity index (χ2v) is 6.18. The molecule has 3 heteroatoms. The third-order valence-corrected chi connectivity index (χ3v) is 4.62. The Balaban J connectivity index is 2.04. The summed E-state index contributed by atoms with van der Waals surface area (Å²) in [5.74, 6) is 0.574. The molecule has 0 saturated heterocycles. The van der Waals surface area contributed by atoms with Crippen molar-refractivity contribution in [3.8, 4) is 0 Å². The predicted octanol–water partition coefficient (Wildman–Crippen LogP) is 5.25. The summed E-state index contributed by atoms with van der Waals surface area (Å²) in [5, 5.41) is 5.57. The van der Waals surface area contributed by atoms with E-state index in [1.807, 2.05) is 0 Å². The molecule has 1 heterocycles. The van der Waals surface area contributed by atoms with Crippen molar-refractivity contribution < 1.29 is 0 Å². The highest BCUT2D eigenvalue weighted by molar-refractivity contribution is 9.10. The summed E-state index contributed by atoms with van der Waals surface area (Å²) in [7, 11) is 0. The van der Waals surface area contributed by atoms with Crippen LogP contribution < -0.4 is 5.32 Å². The van der Waals surface area contributed by atoms with E-state index in [9.17, 15) is 0 Å². The highest BCUT2D eigenvalue weighted by Crippen LogP contribution is 2.24. The lowest BCUT2D eigenvalue weighted by Crippen LogP contribution is -1.99. The van der Waals surface area contributed by atoms with Gasteiger partial charge in [0.15, 0.2) is 0 Å². The average Bonchev–Trinajstić information content (AvgIpc) is 2.72. The number of halogens is 1. The maximum absolute atomic E-state index is 3.55. The van der Waals surface area contributed by atoms with Crippen LogP contribution in [0.5, 0.6) is 0 Å². The Bertz CT molecular complexity index is 490. The lowest BCUT2D eigenvalue weighted by atomic mass is 10.0. The topological polar surface area (TPSA) is 12.0 Å². The lowest BCUT2D eigenvalue weighted by Gasteiger charge is -2.10. The van der Waals surface area contributed by atoms with Crippen LogP contribution in [0.2, 0.25) is 0 Å². The molecule has 17 heavy (non-hydrogen) atoms. The second kappa shape index (κ2) is 5.69. The number of benzene rings is 1. The molecule has 0 saturated carbocycles. The van der Waals surface area contributed by atoms with Crippen LogP contribution >= 0.6 is 27.3 Å². The van der Waals surface area contributed by atoms with Crippen molar-refractivity contribution >= 4 is 33.0 Å². The van der Waals surface area contributed by atoms with Crippen molar-refractivity contribution in [1.82, 2.24) is 0 Å². The molecule has 0 bridgehead atoms. The maximum atomic E-state index is 3.55. The van der Waals surface area contributed by atoms with Crippen LogP contribution in [0.15, 0.2) is 40.2 Å². The van der Waals surface area contributed by atoms with Gasteiger partial charge in [-0.3, -0.25) is 0 Å². The summed E-state index contributed by atoms with van der Waals surface area (Å²) in [6, 6.07) is 10.7. The standard InChI is InChI=1S/C14H16BrNS/c1-10(2)11-4-3-5-12(8-11)16-9-14-13(15)6-7-17-14/h3-8,10,16H,9H2,1-2H3. The maximum Gasteiger partial charge on any atom is 0.0505 e. The molecule has 0 amide bonds. The van der Waals surface area contributed by atoms with Gasteiger partial charge in [-0.25, -0.2) is 0 Å². The van der Waals surface area contributed by atoms with Crippen LogP contribution in [-0.2, 0) is 6.54 Å². The van der Waals surface area contributed by atoms with Gasteiger partial charge in [0, 0.05) is 15.0 Å². The van der Waals surface area contributed by atoms with Gasteiger partial charge < -0.3 is 5.32 Å². The molecule has 1 nitrogen and oxygen atoms in total. The summed E-state index contributed by atoms with van der Waals surface area (Å²) in [4.78, 5) is 1.33. The molecular weight excluding hydrogens is 294 g/mol. The molecular formula is C14H16BrNS. The number of thiophene rings is 1. The summed E-state index contributed by atoms with van der Waals surface area (Å²) in [5.41, 5.74) is 2.57. The van der Waals surface area contributed by atoms with E-state index < -0.39 is 0 Å². The van der Waals surface area contributed by atoms with E-state index in [1.54, 1.807) is 11.3 Å². The van der Waals surface area contributed by atoms with Gasteiger partial charge in [0.25, 0.3) is 0 Å². The molecule has 2 aromatic rings. The molecule has 0 aliphatic heterocycles. The van der Waals surface area contributed by atoms with Gasteiger partial charge >= 0.3 is 0 Å². The molecule has 1 aromatic heterocycles. The zero-order valence-corrected chi connectivity index (χ0v) is 12.4. The zero-order valence-electron chi connectivity index (χ0n) is 10.0. The fourth-order valence-electron chi connectivity index (χ4n) is 1.64. The lowest BCUT2D eigenvalue weighted by molar-refractivity contribution is 0.866. The normalized spacial score (nSPS) is 10.8. The van der Waals surface area contributed by atoms with E-state index in [4.69, 9.17) is 0 Å². The fourth-order valence-corrected chi connectivity index (χ4v) is 3.07. The first-order chi connectivity index (χ1) is 8.16. The van der Waals surface area contributed by atoms with Gasteiger partial charge in [-0.2, -0.15) is 0 Å². The Morgan fingerprint density at radius 2 is 2.12 bits per heavy atom. The third kappa shape index (κ3) is 3.33. The Kier molecular flexibility index (Phi) is 4.24. The second-order valence-electron chi connectivity index (χ2n) is 4.33. The number of hydrogen-bond donors (Lipinski definition) is 1. The molecule has 0 atom stereocenters. The first-order valence-corrected chi connectivity index (χ1v) is 7.40. The molecule has 1 N–H and O–H groups in total. The largest absolute Gasteiger partial charge is 0.380 e. The van der Waals surface area contributed by atoms with Crippen molar-refractivity contribution in [2.24, 2.45) is 0 Å². The molecule has 2 rings (SSSR count). The summed E-state index contributed by atoms with van der Waals surface area (Å²) >= 11 is 5.32. The summed E-state index contributed by atoms with van der Waals surface area (Å²) in [6.45, 7) is 5.31. The fraction of sp³-hybridized carbons (Fsp3) is 0.286. The summed E-state index contributed by atoms with van der Waals surface area (Å²) in [6.07, 6.45) is 0. The zero-order chi connectivity index (χ0) is 12.3. The number of rotatable bonds is 4. The van der Waals surface area contributed by atoms with E-state index in [1.165, 1.54) is 20.6 Å². The number of nitrogens with one attached hydrogen (secondary N) is 1. The monoisotopic (exact) mass is 309 g/mol. The molecule has 0 fully saturated rings. The minimum atomic E-state index is 0.574. The number of anilines is 1. The summed E-state index contributed by atoms with van der Waals surface area (Å²) < 4.78 is 1.19. The average molecular weight is 310 g/mol. The van der Waals surface area contributed by atoms with Crippen LogP contribution in [0.25, 0.3) is 0 Å². The van der Waals surface area contributed by atoms with Crippen LogP contribution in [-0.4, -0.2) is 0 Å². The first-order valence-electron chi connectivity index (χ1n) is 5.72. The van der Waals surface area contributed by atoms with Gasteiger partial charge in [-0.15, -0.1) is 11.3 Å². The van der Waals surface area contributed by atoms with Gasteiger partial charge in [0.05, 0.1) is 6.54 Å². The predicted molar refractivity (Wildman–Crippen MR) is 79.9 cm³/mol. The molecule has 0 spiro atoms. The van der Waals surface area contributed by atoms with Gasteiger partial charge in [-0.05, 0) is 51.0 Å². The highest BCUT2D eigenvalue weighted by atomic mass is 79.9. The van der Waals surface area contributed by atoms with Crippen LogP contribution in [0.1, 0.15) is 30.2 Å². The Labute approximate surface area is 115 Å². The van der Waals surface area contributed by atoms with Crippen molar-refractivity contribution in [2.75, 3.05) is 5.32 Å². The quantitative estimate of drug-likeness (QED) is 0.813. The van der Waals surface area contributed by atoms with Crippen molar-refractivity contribution in [3.63, 3.8) is 0 Å². The Morgan fingerprint density at radius 1 is 1.29 bits per heavy atom. The van der Waals surface area contributed by atoms with E-state index in [-0.39, 0.29) is 0 Å². The van der Waals surface area contributed by atoms with Crippen molar-refractivity contribution in [3.05, 3.63) is 50.6 Å². The van der Waals surface area contributed by atoms with Crippen LogP contribution in [0, 0.1) is 0 Å². The molecule has 0 unspecified atom stereocenters. The van der Waals surface area contributed by atoms with Gasteiger partial charge in [0.2, 0.25) is 0 Å². The molecule has 0 radical (unpaired) electrons. The van der Waals surface area contributed by atoms with Crippen LogP contribution in [0.3, 0.4) is 0 Å². The first kappa shape index (κ1) is 12.7. The molecule has 0 aliphatic carbocycles. The molecule has 1 aromatic carbocycles. The minimum absolute atomic E-state index is 0.574. The Hall–Kier alpha value is -0.800. The van der Waals surface area contributed by atoms with E-state index in [0.717, 1.165) is 6.54 Å². The highest BCUT2D eigenvalue weighted by Gasteiger charge is 2.02. The minimum Gasteiger partial charge on any atom is -0.380 e. The third-order valence-electron chi connectivity index (χ3n) is 2.70.